The number of rotatable bonds is 9. The maximum atomic E-state index is 12.9. The molecule has 3 rings (SSSR count). The second-order valence-corrected chi connectivity index (χ2v) is 7.17. The Bertz CT molecular complexity index is 1100. The monoisotopic (exact) mass is 407 g/mol. The Balaban J connectivity index is 2.02. The van der Waals surface area contributed by atoms with Crippen molar-refractivity contribution >= 4 is 11.2 Å². The van der Waals surface area contributed by atoms with Crippen LogP contribution in [0, 0.1) is 0 Å². The molecule has 6 heteroatoms. The molecule has 0 aliphatic heterocycles. The first-order chi connectivity index (χ1) is 14.6. The van der Waals surface area contributed by atoms with Crippen LogP contribution in [0.4, 0.5) is 0 Å². The molecule has 3 aromatic rings. The molecule has 0 saturated carbocycles. The highest BCUT2D eigenvalue weighted by molar-refractivity contribution is 5.66. The van der Waals surface area contributed by atoms with E-state index in [1.165, 1.54) is 5.57 Å². The topological polar surface area (TPSA) is 65.7 Å². The van der Waals surface area contributed by atoms with Crippen LogP contribution in [0.2, 0.25) is 0 Å². The molecule has 0 saturated heterocycles. The minimum atomic E-state index is -0.141. The smallest absolute Gasteiger partial charge is 0.258 e. The fourth-order valence-electron chi connectivity index (χ4n) is 3.41. The Morgan fingerprint density at radius 2 is 1.90 bits per heavy atom. The van der Waals surface area contributed by atoms with Gasteiger partial charge in [-0.3, -0.25) is 14.2 Å². The van der Waals surface area contributed by atoms with Gasteiger partial charge in [0, 0.05) is 17.8 Å². The van der Waals surface area contributed by atoms with E-state index in [9.17, 15) is 4.79 Å². The van der Waals surface area contributed by atoms with Gasteiger partial charge in [0.05, 0.1) is 31.8 Å². The van der Waals surface area contributed by atoms with Crippen molar-refractivity contribution in [1.82, 2.24) is 14.4 Å². The quantitative estimate of drug-likeness (QED) is 0.459. The average molecular weight is 408 g/mol. The first-order valence-corrected chi connectivity index (χ1v) is 10.4. The van der Waals surface area contributed by atoms with Crippen molar-refractivity contribution in [2.75, 3.05) is 14.2 Å². The van der Waals surface area contributed by atoms with Gasteiger partial charge in [0.25, 0.3) is 5.56 Å². The lowest BCUT2D eigenvalue weighted by Crippen LogP contribution is -2.15. The van der Waals surface area contributed by atoms with Gasteiger partial charge >= 0.3 is 0 Å². The molecule has 0 radical (unpaired) electrons. The summed E-state index contributed by atoms with van der Waals surface area (Å²) in [6.07, 6.45) is 11.0. The van der Waals surface area contributed by atoms with Gasteiger partial charge in [0.2, 0.25) is 0 Å². The van der Waals surface area contributed by atoms with Crippen molar-refractivity contribution in [3.63, 3.8) is 0 Å². The third-order valence-corrected chi connectivity index (χ3v) is 5.03. The molecule has 0 unspecified atom stereocenters. The molecule has 0 aliphatic carbocycles. The zero-order valence-corrected chi connectivity index (χ0v) is 18.1. The number of hydrogen-bond acceptors (Lipinski definition) is 5. The number of unbranched alkanes of at least 4 members (excludes halogenated alkanes) is 2. The van der Waals surface area contributed by atoms with Crippen LogP contribution in [-0.2, 0) is 0 Å². The minimum Gasteiger partial charge on any atom is -0.493 e. The van der Waals surface area contributed by atoms with Gasteiger partial charge in [0.1, 0.15) is 0 Å². The third-order valence-electron chi connectivity index (χ3n) is 5.03. The molecule has 158 valence electrons. The lowest BCUT2D eigenvalue weighted by Gasteiger charge is -2.11. The highest BCUT2D eigenvalue weighted by Gasteiger charge is 2.11. The fraction of sp³-hybridized carbons (Fsp3) is 0.375. The van der Waals surface area contributed by atoms with Crippen LogP contribution in [0.15, 0.2) is 47.5 Å². The molecule has 2 aromatic heterocycles. The third kappa shape index (κ3) is 4.70. The van der Waals surface area contributed by atoms with Crippen molar-refractivity contribution in [3.8, 4) is 22.8 Å². The van der Waals surface area contributed by atoms with E-state index in [2.05, 4.69) is 29.9 Å². The van der Waals surface area contributed by atoms with Crippen molar-refractivity contribution < 1.29 is 9.47 Å². The average Bonchev–Trinajstić information content (AvgIpc) is 2.78. The Hall–Kier alpha value is -3.15. The Labute approximate surface area is 177 Å². The van der Waals surface area contributed by atoms with E-state index in [0.717, 1.165) is 43.4 Å². The van der Waals surface area contributed by atoms with Gasteiger partial charge in [0.15, 0.2) is 17.1 Å². The Morgan fingerprint density at radius 3 is 2.60 bits per heavy atom. The standard InChI is InChI=1S/C24H29N3O3/c1-5-7-8-10-17(9-6-2)20-16-27-23(15-25-20)26-19(14-24(27)28)18-11-12-21(29-3)22(13-18)30-4/h10-16H,5-9H2,1-4H3/b17-10+. The van der Waals surface area contributed by atoms with Crippen molar-refractivity contribution in [2.45, 2.75) is 46.0 Å². The summed E-state index contributed by atoms with van der Waals surface area (Å²) in [4.78, 5) is 22.1. The van der Waals surface area contributed by atoms with Gasteiger partial charge in [-0.25, -0.2) is 4.98 Å². The molecule has 0 aliphatic rings. The van der Waals surface area contributed by atoms with Crippen LogP contribution in [0.1, 0.15) is 51.6 Å². The first kappa shape index (κ1) is 21.6. The van der Waals surface area contributed by atoms with Gasteiger partial charge in [-0.2, -0.15) is 0 Å². The Kier molecular flexibility index (Phi) is 7.22. The summed E-state index contributed by atoms with van der Waals surface area (Å²) >= 11 is 0. The van der Waals surface area contributed by atoms with Crippen molar-refractivity contribution in [3.05, 3.63) is 58.8 Å². The highest BCUT2D eigenvalue weighted by Crippen LogP contribution is 2.31. The molecule has 0 atom stereocenters. The molecule has 0 spiro atoms. The van der Waals surface area contributed by atoms with E-state index in [1.807, 2.05) is 12.1 Å². The summed E-state index contributed by atoms with van der Waals surface area (Å²) in [6, 6.07) is 7.02. The number of allylic oxidation sites excluding steroid dienone is 2. The predicted octanol–water partition coefficient (Wildman–Crippen LogP) is 5.15. The van der Waals surface area contributed by atoms with Crippen molar-refractivity contribution in [2.24, 2.45) is 0 Å². The fourth-order valence-corrected chi connectivity index (χ4v) is 3.41. The number of hydrogen-bond donors (Lipinski definition) is 0. The van der Waals surface area contributed by atoms with Crippen LogP contribution < -0.4 is 15.0 Å². The largest absolute Gasteiger partial charge is 0.493 e. The van der Waals surface area contributed by atoms with Crippen LogP contribution in [0.5, 0.6) is 11.5 Å². The molecule has 1 aromatic carbocycles. The van der Waals surface area contributed by atoms with E-state index >= 15 is 0 Å². The molecule has 0 N–H and O–H groups in total. The summed E-state index contributed by atoms with van der Waals surface area (Å²) in [6.45, 7) is 4.33. The summed E-state index contributed by atoms with van der Waals surface area (Å²) in [7, 11) is 3.17. The number of methoxy groups -OCH3 is 2. The van der Waals surface area contributed by atoms with Crippen LogP contribution in [-0.4, -0.2) is 28.6 Å². The Morgan fingerprint density at radius 1 is 1.10 bits per heavy atom. The highest BCUT2D eigenvalue weighted by atomic mass is 16.5. The lowest BCUT2D eigenvalue weighted by atomic mass is 10.0. The normalized spacial score (nSPS) is 11.7. The van der Waals surface area contributed by atoms with Crippen LogP contribution in [0.3, 0.4) is 0 Å². The van der Waals surface area contributed by atoms with Crippen molar-refractivity contribution in [1.29, 1.82) is 0 Å². The van der Waals surface area contributed by atoms with E-state index in [0.29, 0.717) is 22.8 Å². The number of aromatic nitrogens is 3. The summed E-state index contributed by atoms with van der Waals surface area (Å²) in [5, 5.41) is 0. The zero-order chi connectivity index (χ0) is 21.5. The molecule has 30 heavy (non-hydrogen) atoms. The van der Waals surface area contributed by atoms with E-state index in [-0.39, 0.29) is 5.56 Å². The zero-order valence-electron chi connectivity index (χ0n) is 18.1. The molecular weight excluding hydrogens is 378 g/mol. The molecule has 6 nitrogen and oxygen atoms in total. The summed E-state index contributed by atoms with van der Waals surface area (Å²) in [5.41, 5.74) is 3.75. The summed E-state index contributed by atoms with van der Waals surface area (Å²) in [5.74, 6) is 1.22. The van der Waals surface area contributed by atoms with Crippen LogP contribution >= 0.6 is 0 Å². The molecule has 2 heterocycles. The number of fused-ring (bicyclic) bond motifs is 1. The van der Waals surface area contributed by atoms with E-state index < -0.39 is 0 Å². The first-order valence-electron chi connectivity index (χ1n) is 10.4. The number of benzene rings is 1. The minimum absolute atomic E-state index is 0.141. The number of ether oxygens (including phenoxy) is 2. The molecule has 0 fully saturated rings. The maximum absolute atomic E-state index is 12.9. The second-order valence-electron chi connectivity index (χ2n) is 7.17. The lowest BCUT2D eigenvalue weighted by molar-refractivity contribution is 0.355. The van der Waals surface area contributed by atoms with E-state index in [4.69, 9.17) is 9.47 Å². The molecule has 0 bridgehead atoms. The predicted molar refractivity (Wildman–Crippen MR) is 120 cm³/mol. The second kappa shape index (κ2) is 10.1. The number of nitrogens with zero attached hydrogens (tertiary/aromatic N) is 3. The molecular formula is C24H29N3O3. The SMILES string of the molecule is CCCC/C=C(\CCC)c1cn2c(=O)cc(-c3ccc(OC)c(OC)c3)nc2cn1. The van der Waals surface area contributed by atoms with Gasteiger partial charge < -0.3 is 9.47 Å². The van der Waals surface area contributed by atoms with E-state index in [1.54, 1.807) is 43.1 Å². The maximum Gasteiger partial charge on any atom is 0.258 e. The summed E-state index contributed by atoms with van der Waals surface area (Å²) < 4.78 is 12.2. The molecule has 0 amide bonds. The van der Waals surface area contributed by atoms with Gasteiger partial charge in [-0.15, -0.1) is 0 Å². The van der Waals surface area contributed by atoms with Crippen LogP contribution in [0.25, 0.3) is 22.5 Å². The van der Waals surface area contributed by atoms with Gasteiger partial charge in [-0.1, -0.05) is 39.2 Å². The van der Waals surface area contributed by atoms with Gasteiger partial charge in [-0.05, 0) is 36.6 Å².